The van der Waals surface area contributed by atoms with Crippen LogP contribution in [0.1, 0.15) is 5.76 Å². The van der Waals surface area contributed by atoms with Crippen LogP contribution in [0.5, 0.6) is 0 Å². The molecule has 0 spiro atoms. The fraction of sp³-hybridized carbons (Fsp3) is 0.188. The highest BCUT2D eigenvalue weighted by molar-refractivity contribution is 7.88. The normalized spacial score (nSPS) is 12.1. The summed E-state index contributed by atoms with van der Waals surface area (Å²) in [5.74, 6) is 0.406. The number of aromatic nitrogens is 1. The molecule has 0 amide bonds. The summed E-state index contributed by atoms with van der Waals surface area (Å²) in [6, 6.07) is 13.7. The summed E-state index contributed by atoms with van der Waals surface area (Å²) >= 11 is 0. The average Bonchev–Trinajstić information content (AvgIpc) is 2.99. The van der Waals surface area contributed by atoms with Gasteiger partial charge in [-0.25, -0.2) is 12.7 Å². The van der Waals surface area contributed by atoms with Crippen LogP contribution in [0.15, 0.2) is 62.8 Å². The lowest BCUT2D eigenvalue weighted by atomic mass is 10.2. The summed E-state index contributed by atoms with van der Waals surface area (Å²) in [7, 11) is -0.747. The minimum atomic E-state index is -3.62. The van der Waals surface area contributed by atoms with Gasteiger partial charge in [0.25, 0.3) is 15.6 Å². The number of nitrogens with zero attached hydrogens (tertiary/aromatic N) is 2. The van der Waals surface area contributed by atoms with Gasteiger partial charge in [-0.3, -0.25) is 4.79 Å². The van der Waals surface area contributed by atoms with Crippen LogP contribution in [-0.2, 0) is 16.6 Å². The Morgan fingerprint density at radius 3 is 2.52 bits per heavy atom. The van der Waals surface area contributed by atoms with E-state index in [9.17, 15) is 13.2 Å². The zero-order valence-electron chi connectivity index (χ0n) is 12.8. The maximum Gasteiger partial charge on any atom is 0.275 e. The van der Waals surface area contributed by atoms with E-state index in [1.165, 1.54) is 26.2 Å². The number of hydrogen-bond acceptors (Lipinski definition) is 4. The van der Waals surface area contributed by atoms with E-state index in [2.05, 4.69) is 0 Å². The van der Waals surface area contributed by atoms with E-state index in [0.29, 0.717) is 5.76 Å². The first-order valence-corrected chi connectivity index (χ1v) is 8.43. The molecule has 0 unspecified atom stereocenters. The molecule has 0 bridgehead atoms. The molecule has 0 saturated heterocycles. The summed E-state index contributed by atoms with van der Waals surface area (Å²) < 4.78 is 32.1. The van der Waals surface area contributed by atoms with E-state index < -0.39 is 10.0 Å². The molecule has 120 valence electrons. The molecule has 3 aromatic rings. The van der Waals surface area contributed by atoms with E-state index in [-0.39, 0.29) is 17.2 Å². The summed E-state index contributed by atoms with van der Waals surface area (Å²) in [5, 5.41) is 0.797. The van der Waals surface area contributed by atoms with Crippen molar-refractivity contribution in [3.8, 4) is 0 Å². The zero-order valence-corrected chi connectivity index (χ0v) is 13.6. The minimum absolute atomic E-state index is 0.134. The van der Waals surface area contributed by atoms with Crippen molar-refractivity contribution in [1.29, 1.82) is 0 Å². The second-order valence-electron chi connectivity index (χ2n) is 5.32. The maximum absolute atomic E-state index is 12.1. The number of para-hydroxylation sites is 1. The smallest absolute Gasteiger partial charge is 0.275 e. The Kier molecular flexibility index (Phi) is 3.83. The third-order valence-electron chi connectivity index (χ3n) is 3.58. The lowest BCUT2D eigenvalue weighted by Crippen LogP contribution is -2.21. The van der Waals surface area contributed by atoms with Gasteiger partial charge in [-0.05, 0) is 29.7 Å². The van der Waals surface area contributed by atoms with Crippen molar-refractivity contribution in [2.75, 3.05) is 14.1 Å². The number of rotatable bonds is 4. The molecule has 7 heteroatoms. The van der Waals surface area contributed by atoms with Crippen molar-refractivity contribution >= 4 is 20.9 Å². The number of pyridine rings is 1. The Hall–Kier alpha value is -2.38. The standard InChI is InChI=1S/C16H16N2O4S/c1-17(2)23(20,21)16-10-8-13(22-16)11-18-14-6-4-3-5-12(14)7-9-15(18)19/h3-10H,11H2,1-2H3. The maximum atomic E-state index is 12.1. The average molecular weight is 332 g/mol. The number of furan rings is 1. The van der Waals surface area contributed by atoms with E-state index in [4.69, 9.17) is 4.42 Å². The molecule has 0 aliphatic carbocycles. The third-order valence-corrected chi connectivity index (χ3v) is 5.27. The predicted octanol–water partition coefficient (Wildman–Crippen LogP) is 1.89. The lowest BCUT2D eigenvalue weighted by Gasteiger charge is -2.09. The van der Waals surface area contributed by atoms with Crippen molar-refractivity contribution < 1.29 is 12.8 Å². The SMILES string of the molecule is CN(C)S(=O)(=O)c1ccc(Cn2c(=O)ccc3ccccc32)o1. The van der Waals surface area contributed by atoms with Crippen molar-refractivity contribution in [2.24, 2.45) is 0 Å². The first-order chi connectivity index (χ1) is 10.9. The van der Waals surface area contributed by atoms with Gasteiger partial charge in [-0.1, -0.05) is 18.2 Å². The van der Waals surface area contributed by atoms with E-state index >= 15 is 0 Å². The van der Waals surface area contributed by atoms with Crippen LogP contribution in [0.2, 0.25) is 0 Å². The largest absolute Gasteiger partial charge is 0.446 e. The number of hydrogen-bond donors (Lipinski definition) is 0. The molecule has 2 heterocycles. The molecule has 0 fully saturated rings. The van der Waals surface area contributed by atoms with Gasteiger partial charge in [0.15, 0.2) is 0 Å². The fourth-order valence-electron chi connectivity index (χ4n) is 2.32. The quantitative estimate of drug-likeness (QED) is 0.731. The van der Waals surface area contributed by atoms with Crippen molar-refractivity contribution in [2.45, 2.75) is 11.6 Å². The molecule has 0 N–H and O–H groups in total. The highest BCUT2D eigenvalue weighted by Gasteiger charge is 2.21. The van der Waals surface area contributed by atoms with E-state index in [1.54, 1.807) is 16.7 Å². The van der Waals surface area contributed by atoms with E-state index in [0.717, 1.165) is 15.2 Å². The lowest BCUT2D eigenvalue weighted by molar-refractivity contribution is 0.392. The van der Waals surface area contributed by atoms with Crippen molar-refractivity contribution in [3.05, 3.63) is 64.6 Å². The third kappa shape index (κ3) is 2.80. The van der Waals surface area contributed by atoms with Crippen LogP contribution >= 0.6 is 0 Å². The van der Waals surface area contributed by atoms with Gasteiger partial charge in [-0.15, -0.1) is 0 Å². The molecular weight excluding hydrogens is 316 g/mol. The highest BCUT2D eigenvalue weighted by Crippen LogP contribution is 2.19. The first kappa shape index (κ1) is 15.5. The van der Waals surface area contributed by atoms with Gasteiger partial charge in [0.05, 0.1) is 12.1 Å². The van der Waals surface area contributed by atoms with Gasteiger partial charge in [0, 0.05) is 20.2 Å². The summed E-state index contributed by atoms with van der Waals surface area (Å²) in [5.41, 5.74) is 0.602. The van der Waals surface area contributed by atoms with Crippen molar-refractivity contribution in [1.82, 2.24) is 8.87 Å². The predicted molar refractivity (Wildman–Crippen MR) is 86.9 cm³/mol. The molecule has 0 aliphatic rings. The number of benzene rings is 1. The summed E-state index contributed by atoms with van der Waals surface area (Å²) in [4.78, 5) is 12.1. The number of fused-ring (bicyclic) bond motifs is 1. The summed E-state index contributed by atoms with van der Waals surface area (Å²) in [6.45, 7) is 0.170. The topological polar surface area (TPSA) is 72.5 Å². The molecular formula is C16H16N2O4S. The Morgan fingerprint density at radius 2 is 1.78 bits per heavy atom. The molecule has 0 atom stereocenters. The van der Waals surface area contributed by atoms with Crippen molar-refractivity contribution in [3.63, 3.8) is 0 Å². The second kappa shape index (κ2) is 5.68. The summed E-state index contributed by atoms with van der Waals surface area (Å²) in [6.07, 6.45) is 0. The second-order valence-corrected chi connectivity index (χ2v) is 7.41. The Bertz CT molecular complexity index is 1020. The molecule has 0 radical (unpaired) electrons. The molecule has 0 aliphatic heterocycles. The van der Waals surface area contributed by atoms with Gasteiger partial charge >= 0.3 is 0 Å². The fourth-order valence-corrected chi connectivity index (χ4v) is 3.14. The molecule has 2 aromatic heterocycles. The molecule has 23 heavy (non-hydrogen) atoms. The van der Waals surface area contributed by atoms with Crippen LogP contribution in [0.3, 0.4) is 0 Å². The molecule has 1 aromatic carbocycles. The molecule has 6 nitrogen and oxygen atoms in total. The molecule has 0 saturated carbocycles. The van der Waals surface area contributed by atoms with E-state index in [1.807, 2.05) is 24.3 Å². The van der Waals surface area contributed by atoms with Gasteiger partial charge in [0.1, 0.15) is 5.76 Å². The van der Waals surface area contributed by atoms with Crippen LogP contribution in [0, 0.1) is 0 Å². The highest BCUT2D eigenvalue weighted by atomic mass is 32.2. The van der Waals surface area contributed by atoms with Gasteiger partial charge in [0.2, 0.25) is 5.09 Å². The first-order valence-electron chi connectivity index (χ1n) is 6.99. The van der Waals surface area contributed by atoms with Crippen LogP contribution < -0.4 is 5.56 Å². The Morgan fingerprint density at radius 1 is 1.04 bits per heavy atom. The van der Waals surface area contributed by atoms with Crippen LogP contribution in [0.25, 0.3) is 10.9 Å². The number of sulfonamides is 1. The van der Waals surface area contributed by atoms with Crippen LogP contribution in [-0.4, -0.2) is 31.4 Å². The zero-order chi connectivity index (χ0) is 16.6. The Labute approximate surface area is 133 Å². The molecule has 3 rings (SSSR count). The van der Waals surface area contributed by atoms with Gasteiger partial charge in [-0.2, -0.15) is 0 Å². The van der Waals surface area contributed by atoms with Gasteiger partial charge < -0.3 is 8.98 Å². The monoisotopic (exact) mass is 332 g/mol. The Balaban J connectivity index is 2.03. The minimum Gasteiger partial charge on any atom is -0.446 e. The van der Waals surface area contributed by atoms with Crippen LogP contribution in [0.4, 0.5) is 0 Å².